The van der Waals surface area contributed by atoms with Gasteiger partial charge in [-0.3, -0.25) is 9.78 Å². The van der Waals surface area contributed by atoms with Gasteiger partial charge in [-0.2, -0.15) is 0 Å². The molecule has 0 aliphatic carbocycles. The number of benzene rings is 1. The third-order valence-electron chi connectivity index (χ3n) is 4.28. The Morgan fingerprint density at radius 3 is 2.77 bits per heavy atom. The number of nitrogens with one attached hydrogen (secondary N) is 1. The van der Waals surface area contributed by atoms with E-state index < -0.39 is 0 Å². The molecule has 0 saturated carbocycles. The summed E-state index contributed by atoms with van der Waals surface area (Å²) >= 11 is 0. The molecule has 6 heteroatoms. The minimum Gasteiger partial charge on any atom is -0.494 e. The highest BCUT2D eigenvalue weighted by atomic mass is 16.5. The van der Waals surface area contributed by atoms with Crippen molar-refractivity contribution in [3.8, 4) is 5.75 Å². The van der Waals surface area contributed by atoms with Crippen molar-refractivity contribution in [1.82, 2.24) is 9.88 Å². The van der Waals surface area contributed by atoms with E-state index in [4.69, 9.17) is 9.15 Å². The number of aromatic nitrogens is 1. The molecule has 0 saturated heterocycles. The van der Waals surface area contributed by atoms with Crippen LogP contribution in [0.15, 0.2) is 65.4 Å². The number of hydrogen-bond donors (Lipinski definition) is 1. The molecule has 1 atom stereocenters. The lowest BCUT2D eigenvalue weighted by molar-refractivity contribution is 0.0714. The number of fused-ring (bicyclic) bond motifs is 1. The largest absolute Gasteiger partial charge is 0.494 e. The number of amides is 1. The van der Waals surface area contributed by atoms with Gasteiger partial charge in [-0.05, 0) is 55.5 Å². The van der Waals surface area contributed by atoms with Gasteiger partial charge in [-0.15, -0.1) is 0 Å². The first-order valence-electron chi connectivity index (χ1n) is 8.54. The number of furan rings is 1. The van der Waals surface area contributed by atoms with Crippen LogP contribution in [0.5, 0.6) is 5.75 Å². The molecule has 6 nitrogen and oxygen atoms in total. The summed E-state index contributed by atoms with van der Waals surface area (Å²) in [5.41, 5.74) is 2.22. The lowest BCUT2D eigenvalue weighted by Crippen LogP contribution is -2.31. The molecule has 0 radical (unpaired) electrons. The fourth-order valence-electron chi connectivity index (χ4n) is 3.09. The molecule has 3 heterocycles. The molecular weight excluding hydrogens is 330 g/mol. The highest BCUT2D eigenvalue weighted by molar-refractivity contribution is 5.98. The van der Waals surface area contributed by atoms with Crippen molar-refractivity contribution in [1.29, 1.82) is 0 Å². The number of anilines is 1. The molecule has 0 spiro atoms. The number of pyridine rings is 1. The average molecular weight is 349 g/mol. The van der Waals surface area contributed by atoms with Crippen LogP contribution in [0.1, 0.15) is 34.9 Å². The van der Waals surface area contributed by atoms with Crippen LogP contribution in [0, 0.1) is 0 Å². The van der Waals surface area contributed by atoms with Crippen LogP contribution in [-0.4, -0.2) is 22.4 Å². The molecule has 0 bridgehead atoms. The van der Waals surface area contributed by atoms with Gasteiger partial charge in [0.1, 0.15) is 17.7 Å². The number of carbonyl (C=O) groups is 1. The van der Waals surface area contributed by atoms with Crippen LogP contribution in [0.4, 0.5) is 5.69 Å². The van der Waals surface area contributed by atoms with Crippen LogP contribution < -0.4 is 10.1 Å². The van der Waals surface area contributed by atoms with Crippen molar-refractivity contribution in [3.05, 3.63) is 78.0 Å². The summed E-state index contributed by atoms with van der Waals surface area (Å²) < 4.78 is 10.9. The van der Waals surface area contributed by atoms with Gasteiger partial charge in [0.15, 0.2) is 0 Å². The van der Waals surface area contributed by atoms with Crippen molar-refractivity contribution in [2.45, 2.75) is 19.6 Å². The zero-order valence-corrected chi connectivity index (χ0v) is 14.4. The first-order chi connectivity index (χ1) is 12.8. The normalized spacial score (nSPS) is 15.8. The molecule has 0 fully saturated rings. The zero-order valence-electron chi connectivity index (χ0n) is 14.4. The molecule has 1 aliphatic rings. The van der Waals surface area contributed by atoms with Gasteiger partial charge < -0.3 is 19.4 Å². The van der Waals surface area contributed by atoms with Crippen LogP contribution in [0.3, 0.4) is 0 Å². The quantitative estimate of drug-likeness (QED) is 0.732. The topological polar surface area (TPSA) is 67.6 Å². The molecule has 4 rings (SSSR count). The van der Waals surface area contributed by atoms with Gasteiger partial charge in [0.2, 0.25) is 0 Å². The maximum absolute atomic E-state index is 12.8. The summed E-state index contributed by atoms with van der Waals surface area (Å²) in [6.07, 6.45) is 2.95. The maximum Gasteiger partial charge on any atom is 0.258 e. The van der Waals surface area contributed by atoms with E-state index in [0.29, 0.717) is 18.7 Å². The Bertz CT molecular complexity index is 891. The van der Waals surface area contributed by atoms with E-state index in [1.807, 2.05) is 43.3 Å². The third-order valence-corrected chi connectivity index (χ3v) is 4.28. The van der Waals surface area contributed by atoms with Gasteiger partial charge in [0.25, 0.3) is 5.91 Å². The lowest BCUT2D eigenvalue weighted by atomic mass is 10.2. The zero-order chi connectivity index (χ0) is 17.9. The maximum atomic E-state index is 12.8. The van der Waals surface area contributed by atoms with Crippen molar-refractivity contribution < 1.29 is 13.9 Å². The Labute approximate surface area is 151 Å². The van der Waals surface area contributed by atoms with E-state index in [-0.39, 0.29) is 12.1 Å². The Morgan fingerprint density at radius 1 is 1.19 bits per heavy atom. The number of nitrogens with zero attached hydrogens (tertiary/aromatic N) is 2. The lowest BCUT2D eigenvalue weighted by Gasteiger charge is -2.25. The van der Waals surface area contributed by atoms with E-state index >= 15 is 0 Å². The van der Waals surface area contributed by atoms with Gasteiger partial charge in [0, 0.05) is 11.9 Å². The molecule has 1 unspecified atom stereocenters. The molecule has 1 N–H and O–H groups in total. The van der Waals surface area contributed by atoms with Crippen molar-refractivity contribution in [3.63, 3.8) is 0 Å². The standard InChI is InChI=1S/C20H19N3O3/c1-2-25-15-9-7-14(8-10-15)22-19-18-17(6-3-11-21-18)20(24)23(19)13-16-5-4-12-26-16/h3-12,19,22H,2,13H2,1H3. The molecular formula is C20H19N3O3. The van der Waals surface area contributed by atoms with E-state index in [1.54, 1.807) is 29.5 Å². The number of ether oxygens (including phenoxy) is 1. The third kappa shape index (κ3) is 3.01. The van der Waals surface area contributed by atoms with Crippen molar-refractivity contribution in [2.24, 2.45) is 0 Å². The molecule has 3 aromatic rings. The second-order valence-electron chi connectivity index (χ2n) is 5.95. The second-order valence-corrected chi connectivity index (χ2v) is 5.95. The fraction of sp³-hybridized carbons (Fsp3) is 0.200. The Morgan fingerprint density at radius 2 is 2.04 bits per heavy atom. The highest BCUT2D eigenvalue weighted by Gasteiger charge is 2.38. The predicted octanol–water partition coefficient (Wildman–Crippen LogP) is 3.84. The summed E-state index contributed by atoms with van der Waals surface area (Å²) in [4.78, 5) is 19.0. The van der Waals surface area contributed by atoms with Crippen molar-refractivity contribution in [2.75, 3.05) is 11.9 Å². The smallest absolute Gasteiger partial charge is 0.258 e. The monoisotopic (exact) mass is 349 g/mol. The Kier molecular flexibility index (Phi) is 4.31. The summed E-state index contributed by atoms with van der Waals surface area (Å²) in [6.45, 7) is 2.94. The molecule has 2 aromatic heterocycles. The average Bonchev–Trinajstić information content (AvgIpc) is 3.27. The van der Waals surface area contributed by atoms with Crippen molar-refractivity contribution >= 4 is 11.6 Å². The van der Waals surface area contributed by atoms with Gasteiger partial charge >= 0.3 is 0 Å². The summed E-state index contributed by atoms with van der Waals surface area (Å²) in [6, 6.07) is 14.9. The minimum absolute atomic E-state index is 0.0621. The van der Waals surface area contributed by atoms with Crippen LogP contribution in [-0.2, 0) is 6.54 Å². The van der Waals surface area contributed by atoms with E-state index in [2.05, 4.69) is 10.3 Å². The number of carbonyl (C=O) groups excluding carboxylic acids is 1. The second kappa shape index (κ2) is 6.92. The van der Waals surface area contributed by atoms with Gasteiger partial charge in [-0.1, -0.05) is 0 Å². The molecule has 1 amide bonds. The van der Waals surface area contributed by atoms with E-state index in [1.165, 1.54) is 0 Å². The first-order valence-corrected chi connectivity index (χ1v) is 8.54. The minimum atomic E-state index is -0.359. The van der Waals surface area contributed by atoms with Crippen LogP contribution in [0.25, 0.3) is 0 Å². The molecule has 1 aromatic carbocycles. The summed E-state index contributed by atoms with van der Waals surface area (Å²) in [5.74, 6) is 1.48. The Balaban J connectivity index is 1.62. The van der Waals surface area contributed by atoms with Crippen LogP contribution in [0.2, 0.25) is 0 Å². The predicted molar refractivity (Wildman–Crippen MR) is 96.8 cm³/mol. The molecule has 1 aliphatic heterocycles. The van der Waals surface area contributed by atoms with Gasteiger partial charge in [-0.25, -0.2) is 0 Å². The highest BCUT2D eigenvalue weighted by Crippen LogP contribution is 2.34. The SMILES string of the molecule is CCOc1ccc(NC2c3ncccc3C(=O)N2Cc2ccco2)cc1. The molecule has 132 valence electrons. The Hall–Kier alpha value is -3.28. The summed E-state index contributed by atoms with van der Waals surface area (Å²) in [7, 11) is 0. The van der Waals surface area contributed by atoms with E-state index in [9.17, 15) is 4.79 Å². The van der Waals surface area contributed by atoms with E-state index in [0.717, 1.165) is 22.9 Å². The summed E-state index contributed by atoms with van der Waals surface area (Å²) in [5, 5.41) is 3.40. The number of rotatable bonds is 6. The first kappa shape index (κ1) is 16.2. The fourth-order valence-corrected chi connectivity index (χ4v) is 3.09. The van der Waals surface area contributed by atoms with Crippen LogP contribution >= 0.6 is 0 Å². The molecule has 26 heavy (non-hydrogen) atoms. The van der Waals surface area contributed by atoms with Gasteiger partial charge in [0.05, 0.1) is 30.7 Å². The number of hydrogen-bond acceptors (Lipinski definition) is 5.